The van der Waals surface area contributed by atoms with Gasteiger partial charge in [0, 0.05) is 20.6 Å². The molecular weight excluding hydrogens is 287 g/mol. The molecule has 0 fully saturated rings. The average molecular weight is 305 g/mol. The summed E-state index contributed by atoms with van der Waals surface area (Å²) in [6, 6.07) is 5.21. The second-order valence-corrected chi connectivity index (χ2v) is 5.24. The Morgan fingerprint density at radius 2 is 1.79 bits per heavy atom. The second-order valence-electron chi connectivity index (χ2n) is 4.43. The average Bonchev–Trinajstić information content (AvgIpc) is 2.32. The molecule has 0 unspecified atom stereocenters. The molecule has 4 nitrogen and oxygen atoms in total. The summed E-state index contributed by atoms with van der Waals surface area (Å²) < 4.78 is 5.55. The first-order chi connectivity index (χ1) is 8.91. The van der Waals surface area contributed by atoms with Crippen LogP contribution in [0.25, 0.3) is 0 Å². The molecule has 0 aromatic heterocycles. The molecule has 0 aliphatic rings. The van der Waals surface area contributed by atoms with Gasteiger partial charge in [-0.15, -0.1) is 0 Å². The zero-order chi connectivity index (χ0) is 14.4. The Balaban J connectivity index is 2.40. The van der Waals surface area contributed by atoms with Crippen LogP contribution in [0.4, 0.5) is 0 Å². The van der Waals surface area contributed by atoms with Crippen LogP contribution >= 0.6 is 23.2 Å². The maximum Gasteiger partial charge on any atom is 0.236 e. The number of carbonyl (C=O) groups excluding carboxylic acids is 1. The minimum atomic E-state index is 0.0540. The maximum absolute atomic E-state index is 11.5. The molecule has 0 heterocycles. The van der Waals surface area contributed by atoms with Crippen molar-refractivity contribution in [1.29, 1.82) is 0 Å². The maximum atomic E-state index is 11.5. The highest BCUT2D eigenvalue weighted by atomic mass is 35.5. The van der Waals surface area contributed by atoms with Crippen LogP contribution < -0.4 is 4.74 Å². The third-order valence-corrected chi connectivity index (χ3v) is 3.14. The summed E-state index contributed by atoms with van der Waals surface area (Å²) in [6.45, 7) is 1.38. The molecule has 0 aliphatic carbocycles. The van der Waals surface area contributed by atoms with E-state index < -0.39 is 0 Å². The molecule has 0 saturated heterocycles. The van der Waals surface area contributed by atoms with Crippen LogP contribution in [-0.2, 0) is 4.79 Å². The van der Waals surface area contributed by atoms with Crippen molar-refractivity contribution in [2.75, 3.05) is 40.8 Å². The van der Waals surface area contributed by atoms with Crippen LogP contribution in [0.15, 0.2) is 18.2 Å². The highest BCUT2D eigenvalue weighted by Crippen LogP contribution is 2.32. The number of likely N-dealkylation sites (N-methyl/N-ethyl adjacent to an activating group) is 2. The van der Waals surface area contributed by atoms with Crippen LogP contribution in [-0.4, -0.2) is 56.5 Å². The number of hydrogen-bond acceptors (Lipinski definition) is 3. The number of halogens is 2. The SMILES string of the molecule is CN(CCOc1c(Cl)cccc1Cl)CC(=O)N(C)C. The number of carbonyl (C=O) groups is 1. The molecule has 0 N–H and O–H groups in total. The normalized spacial score (nSPS) is 10.6. The molecule has 0 atom stereocenters. The van der Waals surface area contributed by atoms with E-state index >= 15 is 0 Å². The van der Waals surface area contributed by atoms with Crippen molar-refractivity contribution < 1.29 is 9.53 Å². The smallest absolute Gasteiger partial charge is 0.236 e. The zero-order valence-corrected chi connectivity index (χ0v) is 12.8. The number of rotatable bonds is 6. The van der Waals surface area contributed by atoms with E-state index in [1.165, 1.54) is 0 Å². The Bertz CT molecular complexity index is 418. The van der Waals surface area contributed by atoms with Gasteiger partial charge in [0.2, 0.25) is 5.91 Å². The quantitative estimate of drug-likeness (QED) is 0.809. The van der Waals surface area contributed by atoms with Gasteiger partial charge in [-0.1, -0.05) is 29.3 Å². The Labute approximate surface area is 123 Å². The number of amides is 1. The van der Waals surface area contributed by atoms with E-state index in [2.05, 4.69) is 0 Å². The van der Waals surface area contributed by atoms with Gasteiger partial charge in [-0.05, 0) is 19.2 Å². The van der Waals surface area contributed by atoms with Gasteiger partial charge < -0.3 is 9.64 Å². The Morgan fingerprint density at radius 3 is 2.32 bits per heavy atom. The molecule has 1 aromatic rings. The summed E-state index contributed by atoms with van der Waals surface area (Å²) >= 11 is 12.0. The van der Waals surface area contributed by atoms with Crippen LogP contribution in [0.1, 0.15) is 0 Å². The van der Waals surface area contributed by atoms with E-state index in [4.69, 9.17) is 27.9 Å². The summed E-state index contributed by atoms with van der Waals surface area (Å²) in [6.07, 6.45) is 0. The van der Waals surface area contributed by atoms with Gasteiger partial charge in [0.15, 0.2) is 5.75 Å². The van der Waals surface area contributed by atoms with Crippen molar-refractivity contribution in [3.63, 3.8) is 0 Å². The molecule has 106 valence electrons. The van der Waals surface area contributed by atoms with Gasteiger partial charge >= 0.3 is 0 Å². The Morgan fingerprint density at radius 1 is 1.21 bits per heavy atom. The van der Waals surface area contributed by atoms with Gasteiger partial charge in [0.1, 0.15) is 6.61 Å². The first-order valence-corrected chi connectivity index (χ1v) is 6.63. The fourth-order valence-corrected chi connectivity index (χ4v) is 1.88. The minimum Gasteiger partial charge on any atom is -0.489 e. The van der Waals surface area contributed by atoms with E-state index in [0.29, 0.717) is 35.5 Å². The Kier molecular flexibility index (Phi) is 6.42. The molecule has 1 amide bonds. The van der Waals surface area contributed by atoms with Crippen molar-refractivity contribution in [2.24, 2.45) is 0 Å². The lowest BCUT2D eigenvalue weighted by Gasteiger charge is -2.19. The molecule has 0 saturated carbocycles. The van der Waals surface area contributed by atoms with Crippen LogP contribution in [0.2, 0.25) is 10.0 Å². The molecule has 0 aliphatic heterocycles. The lowest BCUT2D eigenvalue weighted by molar-refractivity contribution is -0.129. The lowest BCUT2D eigenvalue weighted by Crippen LogP contribution is -2.36. The molecule has 6 heteroatoms. The molecule has 1 aromatic carbocycles. The third kappa shape index (κ3) is 5.27. The number of ether oxygens (including phenoxy) is 1. The van der Waals surface area contributed by atoms with E-state index in [1.54, 1.807) is 37.2 Å². The first kappa shape index (κ1) is 16.1. The molecular formula is C13H18Cl2N2O2. The number of para-hydroxylation sites is 1. The molecule has 19 heavy (non-hydrogen) atoms. The zero-order valence-electron chi connectivity index (χ0n) is 11.3. The van der Waals surface area contributed by atoms with Gasteiger partial charge in [0.25, 0.3) is 0 Å². The highest BCUT2D eigenvalue weighted by Gasteiger charge is 2.10. The summed E-state index contributed by atoms with van der Waals surface area (Å²) in [4.78, 5) is 14.9. The number of hydrogen-bond donors (Lipinski definition) is 0. The number of nitrogens with zero attached hydrogens (tertiary/aromatic N) is 2. The molecule has 1 rings (SSSR count). The number of benzene rings is 1. The Hall–Kier alpha value is -0.970. The van der Waals surface area contributed by atoms with E-state index in [-0.39, 0.29) is 5.91 Å². The third-order valence-electron chi connectivity index (χ3n) is 2.54. The lowest BCUT2D eigenvalue weighted by atomic mass is 10.3. The van der Waals surface area contributed by atoms with Crippen molar-refractivity contribution in [3.8, 4) is 5.75 Å². The molecule has 0 radical (unpaired) electrons. The van der Waals surface area contributed by atoms with Crippen LogP contribution in [0.3, 0.4) is 0 Å². The van der Waals surface area contributed by atoms with Crippen molar-refractivity contribution in [2.45, 2.75) is 0 Å². The van der Waals surface area contributed by atoms with Crippen LogP contribution in [0.5, 0.6) is 5.75 Å². The van der Waals surface area contributed by atoms with Gasteiger partial charge in [0.05, 0.1) is 16.6 Å². The fourth-order valence-electron chi connectivity index (χ4n) is 1.38. The highest BCUT2D eigenvalue weighted by molar-refractivity contribution is 6.37. The fraction of sp³-hybridized carbons (Fsp3) is 0.462. The summed E-state index contributed by atoms with van der Waals surface area (Å²) in [5, 5.41) is 0.971. The van der Waals surface area contributed by atoms with Gasteiger partial charge in [-0.25, -0.2) is 0 Å². The largest absolute Gasteiger partial charge is 0.489 e. The topological polar surface area (TPSA) is 32.8 Å². The van der Waals surface area contributed by atoms with Crippen molar-refractivity contribution in [1.82, 2.24) is 9.80 Å². The van der Waals surface area contributed by atoms with Gasteiger partial charge in [-0.3, -0.25) is 9.69 Å². The molecule has 0 bridgehead atoms. The predicted molar refractivity (Wildman–Crippen MR) is 78.1 cm³/mol. The summed E-state index contributed by atoms with van der Waals surface area (Å²) in [5.41, 5.74) is 0. The van der Waals surface area contributed by atoms with Crippen molar-refractivity contribution in [3.05, 3.63) is 28.2 Å². The van der Waals surface area contributed by atoms with E-state index in [9.17, 15) is 4.79 Å². The summed E-state index contributed by atoms with van der Waals surface area (Å²) in [5.74, 6) is 0.538. The standard InChI is InChI=1S/C13H18Cl2N2O2/c1-16(2)12(18)9-17(3)7-8-19-13-10(14)5-4-6-11(13)15/h4-6H,7-9H2,1-3H3. The predicted octanol–water partition coefficient (Wildman–Crippen LogP) is 2.39. The van der Waals surface area contributed by atoms with Gasteiger partial charge in [-0.2, -0.15) is 0 Å². The van der Waals surface area contributed by atoms with E-state index in [0.717, 1.165) is 0 Å². The molecule has 0 spiro atoms. The second kappa shape index (κ2) is 7.58. The summed E-state index contributed by atoms with van der Waals surface area (Å²) in [7, 11) is 5.32. The van der Waals surface area contributed by atoms with Crippen LogP contribution in [0, 0.1) is 0 Å². The van der Waals surface area contributed by atoms with Crippen molar-refractivity contribution >= 4 is 29.1 Å². The monoisotopic (exact) mass is 304 g/mol. The first-order valence-electron chi connectivity index (χ1n) is 5.87. The van der Waals surface area contributed by atoms with E-state index in [1.807, 2.05) is 11.9 Å². The minimum absolute atomic E-state index is 0.0540.